The van der Waals surface area contributed by atoms with Crippen LogP contribution in [0.25, 0.3) is 0 Å². The average molecular weight is 354 g/mol. The highest BCUT2D eigenvalue weighted by Crippen LogP contribution is 2.32. The molecule has 25 heavy (non-hydrogen) atoms. The standard InChI is InChI=1S/C20H22N2O2S/c1-4-25-19-22-21-18(24-19)14-23-17-12-10-16(11-13-17)20(2,3)15-8-6-5-7-9-15/h5-13H,4,14H2,1-3H3. The Kier molecular flexibility index (Phi) is 5.43. The van der Waals surface area contributed by atoms with Crippen molar-refractivity contribution in [3.8, 4) is 5.75 Å². The van der Waals surface area contributed by atoms with Crippen LogP contribution in [0.4, 0.5) is 0 Å². The van der Waals surface area contributed by atoms with E-state index in [4.69, 9.17) is 9.15 Å². The van der Waals surface area contributed by atoms with Gasteiger partial charge in [0, 0.05) is 5.41 Å². The van der Waals surface area contributed by atoms with Gasteiger partial charge in [-0.1, -0.05) is 75.0 Å². The quantitative estimate of drug-likeness (QED) is 0.553. The summed E-state index contributed by atoms with van der Waals surface area (Å²) in [5, 5.41) is 8.53. The van der Waals surface area contributed by atoms with Crippen molar-refractivity contribution in [2.75, 3.05) is 5.75 Å². The zero-order chi connectivity index (χ0) is 17.7. The maximum absolute atomic E-state index is 5.75. The van der Waals surface area contributed by atoms with Gasteiger partial charge in [-0.3, -0.25) is 0 Å². The van der Waals surface area contributed by atoms with E-state index in [1.54, 1.807) is 0 Å². The van der Waals surface area contributed by atoms with Crippen molar-refractivity contribution in [3.63, 3.8) is 0 Å². The van der Waals surface area contributed by atoms with Crippen LogP contribution in [-0.4, -0.2) is 16.0 Å². The van der Waals surface area contributed by atoms with Crippen molar-refractivity contribution in [3.05, 3.63) is 71.6 Å². The van der Waals surface area contributed by atoms with Crippen molar-refractivity contribution in [1.29, 1.82) is 0 Å². The zero-order valence-electron chi connectivity index (χ0n) is 14.7. The lowest BCUT2D eigenvalue weighted by Crippen LogP contribution is -2.18. The van der Waals surface area contributed by atoms with Crippen molar-refractivity contribution >= 4 is 11.8 Å². The molecule has 0 saturated heterocycles. The topological polar surface area (TPSA) is 48.2 Å². The van der Waals surface area contributed by atoms with Gasteiger partial charge in [0.2, 0.25) is 0 Å². The molecule has 0 unspecified atom stereocenters. The number of rotatable bonds is 7. The van der Waals surface area contributed by atoms with Gasteiger partial charge in [0.25, 0.3) is 11.1 Å². The molecule has 3 aromatic rings. The average Bonchev–Trinajstić information content (AvgIpc) is 3.09. The fraction of sp³-hybridized carbons (Fsp3) is 0.300. The van der Waals surface area contributed by atoms with Gasteiger partial charge >= 0.3 is 0 Å². The van der Waals surface area contributed by atoms with Gasteiger partial charge < -0.3 is 9.15 Å². The number of thioether (sulfide) groups is 1. The third-order valence-electron chi connectivity index (χ3n) is 4.15. The fourth-order valence-corrected chi connectivity index (χ4v) is 3.11. The van der Waals surface area contributed by atoms with Crippen molar-refractivity contribution in [1.82, 2.24) is 10.2 Å². The Bertz CT molecular complexity index is 798. The minimum absolute atomic E-state index is 0.0570. The van der Waals surface area contributed by atoms with Crippen LogP contribution in [0.15, 0.2) is 64.2 Å². The Labute approximate surface area is 152 Å². The Hall–Kier alpha value is -2.27. The molecule has 0 aliphatic rings. The second kappa shape index (κ2) is 7.74. The summed E-state index contributed by atoms with van der Waals surface area (Å²) in [7, 11) is 0. The highest BCUT2D eigenvalue weighted by Gasteiger charge is 2.22. The third kappa shape index (κ3) is 4.23. The van der Waals surface area contributed by atoms with Gasteiger partial charge in [0.1, 0.15) is 5.75 Å². The maximum atomic E-state index is 5.75. The molecule has 5 heteroatoms. The van der Waals surface area contributed by atoms with Crippen LogP contribution in [0.3, 0.4) is 0 Å². The summed E-state index contributed by atoms with van der Waals surface area (Å²) >= 11 is 1.52. The number of hydrogen-bond donors (Lipinski definition) is 0. The van der Waals surface area contributed by atoms with Crippen molar-refractivity contribution < 1.29 is 9.15 Å². The smallest absolute Gasteiger partial charge is 0.276 e. The highest BCUT2D eigenvalue weighted by molar-refractivity contribution is 7.99. The summed E-state index contributed by atoms with van der Waals surface area (Å²) in [5.41, 5.74) is 2.47. The van der Waals surface area contributed by atoms with Crippen LogP contribution in [-0.2, 0) is 12.0 Å². The molecule has 1 aromatic heterocycles. The van der Waals surface area contributed by atoms with Gasteiger partial charge in [-0.2, -0.15) is 0 Å². The zero-order valence-corrected chi connectivity index (χ0v) is 15.5. The van der Waals surface area contributed by atoms with Crippen LogP contribution in [0.5, 0.6) is 5.75 Å². The molecule has 4 nitrogen and oxygen atoms in total. The number of aromatic nitrogens is 2. The Morgan fingerprint density at radius 2 is 1.64 bits per heavy atom. The largest absolute Gasteiger partial charge is 0.484 e. The van der Waals surface area contributed by atoms with Gasteiger partial charge in [-0.05, 0) is 29.0 Å². The summed E-state index contributed by atoms with van der Waals surface area (Å²) in [4.78, 5) is 0. The molecule has 0 amide bonds. The normalized spacial score (nSPS) is 11.5. The summed E-state index contributed by atoms with van der Waals surface area (Å²) in [6.07, 6.45) is 0. The molecule has 1 heterocycles. The molecule has 0 N–H and O–H groups in total. The monoisotopic (exact) mass is 354 g/mol. The van der Waals surface area contributed by atoms with Gasteiger partial charge in [0.05, 0.1) is 0 Å². The molecule has 0 saturated carbocycles. The first kappa shape index (κ1) is 17.5. The molecular weight excluding hydrogens is 332 g/mol. The Balaban J connectivity index is 1.65. The Morgan fingerprint density at radius 3 is 2.32 bits per heavy atom. The second-order valence-electron chi connectivity index (χ2n) is 6.20. The molecule has 0 radical (unpaired) electrons. The number of benzene rings is 2. The molecule has 2 aromatic carbocycles. The lowest BCUT2D eigenvalue weighted by atomic mass is 9.78. The first-order valence-corrected chi connectivity index (χ1v) is 9.32. The third-order valence-corrected chi connectivity index (χ3v) is 4.85. The van der Waals surface area contributed by atoms with E-state index in [9.17, 15) is 0 Å². The molecule has 0 aliphatic heterocycles. The van der Waals surface area contributed by atoms with Crippen LogP contribution in [0.1, 0.15) is 37.8 Å². The van der Waals surface area contributed by atoms with E-state index in [1.165, 1.54) is 22.9 Å². The molecule has 0 fully saturated rings. The summed E-state index contributed by atoms with van der Waals surface area (Å²) in [6.45, 7) is 6.77. The summed E-state index contributed by atoms with van der Waals surface area (Å²) < 4.78 is 11.2. The van der Waals surface area contributed by atoms with Crippen LogP contribution in [0.2, 0.25) is 0 Å². The van der Waals surface area contributed by atoms with Crippen LogP contribution in [0, 0.1) is 0 Å². The van der Waals surface area contributed by atoms with E-state index in [2.05, 4.69) is 60.4 Å². The lowest BCUT2D eigenvalue weighted by molar-refractivity contribution is 0.252. The van der Waals surface area contributed by atoms with E-state index in [0.717, 1.165) is 11.5 Å². The lowest BCUT2D eigenvalue weighted by Gasteiger charge is -2.26. The number of hydrogen-bond acceptors (Lipinski definition) is 5. The number of nitrogens with zero attached hydrogens (tertiary/aromatic N) is 2. The van der Waals surface area contributed by atoms with Gasteiger partial charge in [-0.15, -0.1) is 10.2 Å². The molecule has 0 atom stereocenters. The summed E-state index contributed by atoms with van der Waals surface area (Å²) in [5.74, 6) is 2.18. The van der Waals surface area contributed by atoms with Crippen LogP contribution < -0.4 is 4.74 Å². The first-order valence-electron chi connectivity index (χ1n) is 8.33. The minimum atomic E-state index is -0.0570. The minimum Gasteiger partial charge on any atom is -0.484 e. The molecule has 3 rings (SSSR count). The van der Waals surface area contributed by atoms with Crippen molar-refractivity contribution in [2.24, 2.45) is 0 Å². The first-order chi connectivity index (χ1) is 12.1. The molecule has 130 valence electrons. The SMILES string of the molecule is CCSc1nnc(COc2ccc(C(C)(C)c3ccccc3)cc2)o1. The summed E-state index contributed by atoms with van der Waals surface area (Å²) in [6, 6.07) is 18.7. The predicted molar refractivity (Wildman–Crippen MR) is 100 cm³/mol. The highest BCUT2D eigenvalue weighted by atomic mass is 32.2. The predicted octanol–water partition coefficient (Wildman–Crippen LogP) is 5.09. The fourth-order valence-electron chi connectivity index (χ4n) is 2.61. The molecule has 0 bridgehead atoms. The van der Waals surface area contributed by atoms with Crippen molar-refractivity contribution in [2.45, 2.75) is 38.0 Å². The van der Waals surface area contributed by atoms with E-state index >= 15 is 0 Å². The second-order valence-corrected chi connectivity index (χ2v) is 7.41. The van der Waals surface area contributed by atoms with E-state index < -0.39 is 0 Å². The number of ether oxygens (including phenoxy) is 1. The van der Waals surface area contributed by atoms with E-state index in [1.807, 2.05) is 25.1 Å². The molecular formula is C20H22N2O2S. The van der Waals surface area contributed by atoms with E-state index in [0.29, 0.717) is 11.1 Å². The molecule has 0 spiro atoms. The Morgan fingerprint density at radius 1 is 0.960 bits per heavy atom. The maximum Gasteiger partial charge on any atom is 0.276 e. The van der Waals surface area contributed by atoms with Gasteiger partial charge in [-0.25, -0.2) is 0 Å². The van der Waals surface area contributed by atoms with E-state index in [-0.39, 0.29) is 12.0 Å². The molecule has 0 aliphatic carbocycles. The van der Waals surface area contributed by atoms with Gasteiger partial charge in [0.15, 0.2) is 6.61 Å². The van der Waals surface area contributed by atoms with Crippen LogP contribution >= 0.6 is 11.8 Å².